The first-order chi connectivity index (χ1) is 8.83. The number of aliphatic hydroxyl groups is 1. The fourth-order valence-corrected chi connectivity index (χ4v) is 3.41. The summed E-state index contributed by atoms with van der Waals surface area (Å²) < 4.78 is 0. The Morgan fingerprint density at radius 1 is 1.39 bits per heavy atom. The van der Waals surface area contributed by atoms with Crippen LogP contribution in [0.2, 0.25) is 0 Å². The lowest BCUT2D eigenvalue weighted by molar-refractivity contribution is 0.261. The van der Waals surface area contributed by atoms with E-state index in [-0.39, 0.29) is 6.61 Å². The highest BCUT2D eigenvalue weighted by molar-refractivity contribution is 7.98. The fourth-order valence-electron chi connectivity index (χ4n) is 2.75. The summed E-state index contributed by atoms with van der Waals surface area (Å²) >= 11 is 1.85. The van der Waals surface area contributed by atoms with E-state index < -0.39 is 0 Å². The summed E-state index contributed by atoms with van der Waals surface area (Å²) in [6.45, 7) is 0.279. The zero-order valence-corrected chi connectivity index (χ0v) is 11.9. The number of aryl methyl sites for hydroxylation is 1. The molecule has 2 N–H and O–H groups in total. The van der Waals surface area contributed by atoms with Crippen LogP contribution in [0.3, 0.4) is 0 Å². The number of benzene rings is 1. The van der Waals surface area contributed by atoms with E-state index in [4.69, 9.17) is 5.11 Å². The van der Waals surface area contributed by atoms with Crippen LogP contribution in [-0.2, 0) is 12.8 Å². The van der Waals surface area contributed by atoms with Crippen LogP contribution in [0.15, 0.2) is 24.3 Å². The van der Waals surface area contributed by atoms with Crippen molar-refractivity contribution in [3.8, 4) is 0 Å². The fraction of sp³-hybridized carbons (Fsp3) is 0.600. The molecule has 1 aromatic carbocycles. The van der Waals surface area contributed by atoms with Gasteiger partial charge < -0.3 is 10.4 Å². The molecule has 1 aliphatic carbocycles. The summed E-state index contributed by atoms with van der Waals surface area (Å²) in [5.41, 5.74) is 3.01. The van der Waals surface area contributed by atoms with Crippen LogP contribution < -0.4 is 5.32 Å². The van der Waals surface area contributed by atoms with Gasteiger partial charge in [-0.1, -0.05) is 24.3 Å². The quantitative estimate of drug-likeness (QED) is 0.827. The van der Waals surface area contributed by atoms with Crippen LogP contribution in [0.5, 0.6) is 0 Å². The molecule has 1 aliphatic rings. The number of fused-ring (bicyclic) bond motifs is 1. The van der Waals surface area contributed by atoms with Crippen LogP contribution in [0.1, 0.15) is 24.0 Å². The number of hydrogen-bond acceptors (Lipinski definition) is 3. The van der Waals surface area contributed by atoms with Gasteiger partial charge in [-0.05, 0) is 43.1 Å². The van der Waals surface area contributed by atoms with Crippen molar-refractivity contribution < 1.29 is 5.11 Å². The zero-order chi connectivity index (χ0) is 12.8. The van der Waals surface area contributed by atoms with Crippen molar-refractivity contribution in [2.45, 2.75) is 37.8 Å². The highest BCUT2D eigenvalue weighted by Crippen LogP contribution is 2.21. The molecule has 0 amide bonds. The highest BCUT2D eigenvalue weighted by Gasteiger charge is 2.20. The van der Waals surface area contributed by atoms with E-state index in [0.717, 1.165) is 18.6 Å². The van der Waals surface area contributed by atoms with Crippen LogP contribution in [-0.4, -0.2) is 35.8 Å². The Balaban J connectivity index is 1.91. The lowest BCUT2D eigenvalue weighted by atomic mass is 9.88. The largest absolute Gasteiger partial charge is 0.396 e. The van der Waals surface area contributed by atoms with Crippen molar-refractivity contribution >= 4 is 11.8 Å². The van der Waals surface area contributed by atoms with Gasteiger partial charge in [-0.25, -0.2) is 0 Å². The average molecular weight is 265 g/mol. The standard InChI is InChI=1S/C15H23NOS/c1-18-11-15(8-9-17)16-14-7-6-12-4-2-3-5-13(12)10-14/h2-5,14-17H,6-11H2,1H3/t14-,15+/m1/s1. The molecule has 0 aromatic heterocycles. The summed E-state index contributed by atoms with van der Waals surface area (Å²) in [5, 5.41) is 12.8. The second-order valence-corrected chi connectivity index (χ2v) is 5.95. The van der Waals surface area contributed by atoms with Gasteiger partial charge in [0.15, 0.2) is 0 Å². The summed E-state index contributed by atoms with van der Waals surface area (Å²) in [6.07, 6.45) is 6.51. The number of nitrogens with one attached hydrogen (secondary N) is 1. The minimum absolute atomic E-state index is 0.279. The molecular formula is C15H23NOS. The van der Waals surface area contributed by atoms with Gasteiger partial charge in [0, 0.05) is 24.4 Å². The van der Waals surface area contributed by atoms with E-state index in [1.54, 1.807) is 0 Å². The van der Waals surface area contributed by atoms with Gasteiger partial charge in [0.25, 0.3) is 0 Å². The lowest BCUT2D eigenvalue weighted by Gasteiger charge is -2.29. The van der Waals surface area contributed by atoms with E-state index in [1.807, 2.05) is 11.8 Å². The first-order valence-electron chi connectivity index (χ1n) is 6.76. The monoisotopic (exact) mass is 265 g/mol. The molecule has 0 aliphatic heterocycles. The van der Waals surface area contributed by atoms with Crippen LogP contribution >= 0.6 is 11.8 Å². The smallest absolute Gasteiger partial charge is 0.0446 e. The van der Waals surface area contributed by atoms with E-state index in [9.17, 15) is 0 Å². The molecule has 3 heteroatoms. The number of thioether (sulfide) groups is 1. The second-order valence-electron chi connectivity index (χ2n) is 5.04. The van der Waals surface area contributed by atoms with Crippen molar-refractivity contribution in [3.63, 3.8) is 0 Å². The molecule has 0 bridgehead atoms. The molecule has 1 aromatic rings. The molecule has 0 unspecified atom stereocenters. The topological polar surface area (TPSA) is 32.3 Å². The van der Waals surface area contributed by atoms with E-state index in [0.29, 0.717) is 12.1 Å². The first-order valence-corrected chi connectivity index (χ1v) is 8.15. The molecule has 0 radical (unpaired) electrons. The molecule has 18 heavy (non-hydrogen) atoms. The maximum atomic E-state index is 9.10. The average Bonchev–Trinajstić information content (AvgIpc) is 2.39. The van der Waals surface area contributed by atoms with Crippen molar-refractivity contribution in [3.05, 3.63) is 35.4 Å². The van der Waals surface area contributed by atoms with Gasteiger partial charge in [-0.3, -0.25) is 0 Å². The molecule has 0 heterocycles. The number of hydrogen-bond donors (Lipinski definition) is 2. The minimum Gasteiger partial charge on any atom is -0.396 e. The van der Waals surface area contributed by atoms with Gasteiger partial charge in [0.2, 0.25) is 0 Å². The minimum atomic E-state index is 0.279. The Morgan fingerprint density at radius 3 is 2.89 bits per heavy atom. The van der Waals surface area contributed by atoms with E-state index in [1.165, 1.54) is 24.0 Å². The molecule has 100 valence electrons. The van der Waals surface area contributed by atoms with Crippen LogP contribution in [0, 0.1) is 0 Å². The molecule has 0 saturated carbocycles. The number of aliphatic hydroxyl groups excluding tert-OH is 1. The predicted molar refractivity (Wildman–Crippen MR) is 79.3 cm³/mol. The van der Waals surface area contributed by atoms with Gasteiger partial charge in [-0.15, -0.1) is 0 Å². The lowest BCUT2D eigenvalue weighted by Crippen LogP contribution is -2.43. The summed E-state index contributed by atoms with van der Waals surface area (Å²) in [4.78, 5) is 0. The third kappa shape index (κ3) is 3.74. The molecule has 2 atom stereocenters. The molecule has 2 rings (SSSR count). The van der Waals surface area contributed by atoms with Crippen LogP contribution in [0.4, 0.5) is 0 Å². The van der Waals surface area contributed by atoms with Gasteiger partial charge >= 0.3 is 0 Å². The molecule has 0 spiro atoms. The van der Waals surface area contributed by atoms with Gasteiger partial charge in [0.1, 0.15) is 0 Å². The number of rotatable bonds is 6. The molecule has 2 nitrogen and oxygen atoms in total. The SMILES string of the molecule is CSC[C@H](CCO)N[C@@H]1CCc2ccccc2C1. The Hall–Kier alpha value is -0.510. The molecular weight excluding hydrogens is 242 g/mol. The Kier molecular flexibility index (Phi) is 5.54. The van der Waals surface area contributed by atoms with Crippen molar-refractivity contribution in [2.24, 2.45) is 0 Å². The maximum Gasteiger partial charge on any atom is 0.0446 e. The highest BCUT2D eigenvalue weighted by atomic mass is 32.2. The van der Waals surface area contributed by atoms with Gasteiger partial charge in [-0.2, -0.15) is 11.8 Å². The summed E-state index contributed by atoms with van der Waals surface area (Å²) in [6, 6.07) is 9.78. The Morgan fingerprint density at radius 2 is 2.17 bits per heavy atom. The van der Waals surface area contributed by atoms with E-state index >= 15 is 0 Å². The Labute approximate surface area is 114 Å². The van der Waals surface area contributed by atoms with Crippen molar-refractivity contribution in [2.75, 3.05) is 18.6 Å². The van der Waals surface area contributed by atoms with Crippen molar-refractivity contribution in [1.29, 1.82) is 0 Å². The third-order valence-electron chi connectivity index (χ3n) is 3.66. The Bertz CT molecular complexity index is 363. The third-order valence-corrected chi connectivity index (χ3v) is 4.40. The molecule has 0 fully saturated rings. The first kappa shape index (κ1) is 13.9. The van der Waals surface area contributed by atoms with Gasteiger partial charge in [0.05, 0.1) is 0 Å². The maximum absolute atomic E-state index is 9.10. The van der Waals surface area contributed by atoms with Crippen molar-refractivity contribution in [1.82, 2.24) is 5.32 Å². The zero-order valence-electron chi connectivity index (χ0n) is 11.1. The normalized spacial score (nSPS) is 20.4. The molecule has 0 saturated heterocycles. The van der Waals surface area contributed by atoms with Crippen LogP contribution in [0.25, 0.3) is 0 Å². The predicted octanol–water partition coefficient (Wildman–Crippen LogP) is 2.25. The summed E-state index contributed by atoms with van der Waals surface area (Å²) in [5.74, 6) is 1.08. The van der Waals surface area contributed by atoms with E-state index in [2.05, 4.69) is 35.8 Å². The summed E-state index contributed by atoms with van der Waals surface area (Å²) in [7, 11) is 0. The second kappa shape index (κ2) is 7.17.